The second kappa shape index (κ2) is 8.18. The number of pyridine rings is 1. The Kier molecular flexibility index (Phi) is 5.50. The minimum Gasteiger partial charge on any atom is -0.384 e. The van der Waals surface area contributed by atoms with Gasteiger partial charge < -0.3 is 5.11 Å². The molecule has 2 atom stereocenters. The highest BCUT2D eigenvalue weighted by Crippen LogP contribution is 2.21. The van der Waals surface area contributed by atoms with Crippen molar-refractivity contribution >= 4 is 5.71 Å². The quantitative estimate of drug-likeness (QED) is 0.544. The molecule has 1 N–H and O–H groups in total. The SMILES string of the molecule is C=C[C@H](N=C(c1ccccc1)c1ccccc1)[C@@H](O)c1ccccn1. The van der Waals surface area contributed by atoms with Gasteiger partial charge in [-0.05, 0) is 12.1 Å². The summed E-state index contributed by atoms with van der Waals surface area (Å²) >= 11 is 0. The third-order valence-electron chi connectivity index (χ3n) is 3.93. The first-order valence-electron chi connectivity index (χ1n) is 8.20. The zero-order chi connectivity index (χ0) is 17.5. The highest BCUT2D eigenvalue weighted by atomic mass is 16.3. The van der Waals surface area contributed by atoms with Gasteiger partial charge in [0.2, 0.25) is 0 Å². The molecule has 0 aliphatic carbocycles. The first-order chi connectivity index (χ1) is 12.3. The van der Waals surface area contributed by atoms with Gasteiger partial charge >= 0.3 is 0 Å². The van der Waals surface area contributed by atoms with E-state index in [1.165, 1.54) is 0 Å². The highest BCUT2D eigenvalue weighted by Gasteiger charge is 2.20. The zero-order valence-electron chi connectivity index (χ0n) is 13.9. The lowest BCUT2D eigenvalue weighted by Crippen LogP contribution is -2.18. The van der Waals surface area contributed by atoms with E-state index in [-0.39, 0.29) is 0 Å². The number of benzene rings is 2. The minimum atomic E-state index is -0.846. The van der Waals surface area contributed by atoms with Gasteiger partial charge in [0, 0.05) is 17.3 Å². The fourth-order valence-electron chi connectivity index (χ4n) is 2.63. The summed E-state index contributed by atoms with van der Waals surface area (Å²) in [7, 11) is 0. The summed E-state index contributed by atoms with van der Waals surface area (Å²) in [6.45, 7) is 3.85. The van der Waals surface area contributed by atoms with Gasteiger partial charge in [-0.1, -0.05) is 72.8 Å². The molecule has 25 heavy (non-hydrogen) atoms. The van der Waals surface area contributed by atoms with Crippen LogP contribution in [-0.2, 0) is 0 Å². The molecule has 0 amide bonds. The van der Waals surface area contributed by atoms with E-state index in [4.69, 9.17) is 4.99 Å². The summed E-state index contributed by atoms with van der Waals surface area (Å²) in [6, 6.07) is 24.9. The van der Waals surface area contributed by atoms with E-state index < -0.39 is 12.1 Å². The molecule has 1 aromatic heterocycles. The summed E-state index contributed by atoms with van der Waals surface area (Å²) in [5, 5.41) is 10.7. The molecular formula is C22H20N2O. The Balaban J connectivity index is 2.03. The number of aliphatic hydroxyl groups excluding tert-OH is 1. The summed E-state index contributed by atoms with van der Waals surface area (Å²) in [4.78, 5) is 9.05. The van der Waals surface area contributed by atoms with Gasteiger partial charge in [0.05, 0.1) is 11.4 Å². The predicted molar refractivity (Wildman–Crippen MR) is 102 cm³/mol. The largest absolute Gasteiger partial charge is 0.384 e. The molecule has 0 fully saturated rings. The fraction of sp³-hybridized carbons (Fsp3) is 0.0909. The predicted octanol–water partition coefficient (Wildman–Crippen LogP) is 4.21. The van der Waals surface area contributed by atoms with Crippen molar-refractivity contribution in [3.63, 3.8) is 0 Å². The summed E-state index contributed by atoms with van der Waals surface area (Å²) in [5.74, 6) is 0. The third kappa shape index (κ3) is 4.08. The number of aliphatic hydroxyl groups is 1. The third-order valence-corrected chi connectivity index (χ3v) is 3.93. The molecule has 3 heteroatoms. The van der Waals surface area contributed by atoms with E-state index in [1.807, 2.05) is 72.8 Å². The van der Waals surface area contributed by atoms with Crippen LogP contribution in [-0.4, -0.2) is 21.8 Å². The Labute approximate surface area is 148 Å². The molecule has 3 nitrogen and oxygen atoms in total. The van der Waals surface area contributed by atoms with Gasteiger partial charge in [-0.25, -0.2) is 0 Å². The van der Waals surface area contributed by atoms with Gasteiger partial charge in [0.15, 0.2) is 0 Å². The van der Waals surface area contributed by atoms with Crippen LogP contribution in [0.15, 0.2) is 103 Å². The molecule has 124 valence electrons. The van der Waals surface area contributed by atoms with Crippen molar-refractivity contribution in [1.82, 2.24) is 4.98 Å². The van der Waals surface area contributed by atoms with Crippen LogP contribution in [0.25, 0.3) is 0 Å². The standard InChI is InChI=1S/C22H20N2O/c1-2-19(22(25)20-15-9-10-16-23-20)24-21(17-11-5-3-6-12-17)18-13-7-4-8-14-18/h2-16,19,22,25H,1H2/t19-,22+/m0/s1. The van der Waals surface area contributed by atoms with Crippen LogP contribution in [0, 0.1) is 0 Å². The maximum Gasteiger partial charge on any atom is 0.122 e. The van der Waals surface area contributed by atoms with Gasteiger partial charge in [-0.3, -0.25) is 9.98 Å². The fourth-order valence-corrected chi connectivity index (χ4v) is 2.63. The summed E-state index contributed by atoms with van der Waals surface area (Å²) < 4.78 is 0. The van der Waals surface area contributed by atoms with E-state index in [9.17, 15) is 5.11 Å². The maximum atomic E-state index is 10.7. The van der Waals surface area contributed by atoms with Gasteiger partial charge in [0.1, 0.15) is 12.1 Å². The van der Waals surface area contributed by atoms with Gasteiger partial charge in [-0.2, -0.15) is 0 Å². The molecule has 0 spiro atoms. The number of hydrogen-bond donors (Lipinski definition) is 1. The first kappa shape index (κ1) is 16.8. The maximum absolute atomic E-state index is 10.7. The van der Waals surface area contributed by atoms with Crippen molar-refractivity contribution in [1.29, 1.82) is 0 Å². The Morgan fingerprint density at radius 3 is 1.92 bits per heavy atom. The van der Waals surface area contributed by atoms with Crippen molar-refractivity contribution < 1.29 is 5.11 Å². The normalized spacial score (nSPS) is 12.8. The first-order valence-corrected chi connectivity index (χ1v) is 8.20. The number of aliphatic imine (C=N–C) groups is 1. The van der Waals surface area contributed by atoms with Crippen molar-refractivity contribution in [3.8, 4) is 0 Å². The molecule has 1 heterocycles. The molecule has 0 radical (unpaired) electrons. The van der Waals surface area contributed by atoms with Crippen molar-refractivity contribution in [2.75, 3.05) is 0 Å². The minimum absolute atomic E-state index is 0.495. The lowest BCUT2D eigenvalue weighted by molar-refractivity contribution is 0.159. The molecule has 0 saturated carbocycles. The van der Waals surface area contributed by atoms with Crippen LogP contribution >= 0.6 is 0 Å². The number of aromatic nitrogens is 1. The van der Waals surface area contributed by atoms with E-state index >= 15 is 0 Å². The Morgan fingerprint density at radius 1 is 0.880 bits per heavy atom. The highest BCUT2D eigenvalue weighted by molar-refractivity contribution is 6.13. The molecule has 2 aromatic carbocycles. The second-order valence-electron chi connectivity index (χ2n) is 5.64. The number of hydrogen-bond acceptors (Lipinski definition) is 3. The molecule has 3 rings (SSSR count). The van der Waals surface area contributed by atoms with E-state index in [1.54, 1.807) is 18.3 Å². The van der Waals surface area contributed by atoms with Crippen LogP contribution < -0.4 is 0 Å². The lowest BCUT2D eigenvalue weighted by atomic mass is 10.0. The lowest BCUT2D eigenvalue weighted by Gasteiger charge is -2.18. The van der Waals surface area contributed by atoms with Gasteiger partial charge in [0.25, 0.3) is 0 Å². The van der Waals surface area contributed by atoms with Crippen molar-refractivity contribution in [2.24, 2.45) is 4.99 Å². The average molecular weight is 328 g/mol. The molecule has 0 bridgehead atoms. The summed E-state index contributed by atoms with van der Waals surface area (Å²) in [5.41, 5.74) is 3.39. The molecule has 0 aliphatic rings. The van der Waals surface area contributed by atoms with E-state index in [0.717, 1.165) is 16.8 Å². The van der Waals surface area contributed by atoms with Crippen LogP contribution in [0.3, 0.4) is 0 Å². The van der Waals surface area contributed by atoms with E-state index in [0.29, 0.717) is 5.69 Å². The molecule has 0 aliphatic heterocycles. The summed E-state index contributed by atoms with van der Waals surface area (Å²) in [6.07, 6.45) is 2.48. The molecular weight excluding hydrogens is 308 g/mol. The van der Waals surface area contributed by atoms with Gasteiger partial charge in [-0.15, -0.1) is 6.58 Å². The average Bonchev–Trinajstić information content (AvgIpc) is 2.70. The Bertz CT molecular complexity index is 788. The molecule has 0 saturated heterocycles. The zero-order valence-corrected chi connectivity index (χ0v) is 13.9. The number of rotatable bonds is 6. The molecule has 0 unspecified atom stereocenters. The van der Waals surface area contributed by atoms with E-state index in [2.05, 4.69) is 11.6 Å². The number of nitrogens with zero attached hydrogens (tertiary/aromatic N) is 2. The Morgan fingerprint density at radius 2 is 1.44 bits per heavy atom. The van der Waals surface area contributed by atoms with Crippen LogP contribution in [0.2, 0.25) is 0 Å². The monoisotopic (exact) mass is 328 g/mol. The van der Waals surface area contributed by atoms with Crippen LogP contribution in [0.4, 0.5) is 0 Å². The second-order valence-corrected chi connectivity index (χ2v) is 5.64. The Hall–Kier alpha value is -3.04. The smallest absolute Gasteiger partial charge is 0.122 e. The van der Waals surface area contributed by atoms with Crippen molar-refractivity contribution in [3.05, 3.63) is 115 Å². The van der Waals surface area contributed by atoms with Crippen LogP contribution in [0.5, 0.6) is 0 Å². The van der Waals surface area contributed by atoms with Crippen LogP contribution in [0.1, 0.15) is 22.9 Å². The molecule has 3 aromatic rings. The van der Waals surface area contributed by atoms with Crippen molar-refractivity contribution in [2.45, 2.75) is 12.1 Å². The topological polar surface area (TPSA) is 45.5 Å².